The Morgan fingerprint density at radius 1 is 0.714 bits per heavy atom. The highest BCUT2D eigenvalue weighted by Crippen LogP contribution is 2.41. The summed E-state index contributed by atoms with van der Waals surface area (Å²) in [5.74, 6) is 0.740. The molecule has 0 bridgehead atoms. The first kappa shape index (κ1) is 24.7. The standard InChI is InChI=1S/C21H26Cl2O2.C3H8/c1-6-15(13-7-16(11(2)3)20(24)18(22)9-13)14-8-17(12(4)5)21(25)19(23)10-14;1-3-2/h7-12,15,24-25H,6H2,1-5H3;3H2,1-2H3. The number of benzene rings is 2. The predicted octanol–water partition coefficient (Wildman–Crippen LogP) is 8.61. The zero-order chi connectivity index (χ0) is 21.6. The molecule has 2 N–H and O–H groups in total. The Labute approximate surface area is 180 Å². The highest BCUT2D eigenvalue weighted by atomic mass is 35.5. The molecular weight excluding hydrogens is 391 g/mol. The highest BCUT2D eigenvalue weighted by Gasteiger charge is 2.21. The Morgan fingerprint density at radius 3 is 1.29 bits per heavy atom. The molecule has 2 nitrogen and oxygen atoms in total. The molecule has 0 fully saturated rings. The monoisotopic (exact) mass is 424 g/mol. The molecular formula is C24H34Cl2O2. The topological polar surface area (TPSA) is 40.5 Å². The Bertz CT molecular complexity index is 719. The van der Waals surface area contributed by atoms with Gasteiger partial charge >= 0.3 is 0 Å². The third kappa shape index (κ3) is 5.81. The maximum absolute atomic E-state index is 10.2. The summed E-state index contributed by atoms with van der Waals surface area (Å²) >= 11 is 12.5. The van der Waals surface area contributed by atoms with E-state index in [0.29, 0.717) is 10.0 Å². The fourth-order valence-electron chi connectivity index (χ4n) is 3.23. The van der Waals surface area contributed by atoms with E-state index in [1.165, 1.54) is 6.42 Å². The van der Waals surface area contributed by atoms with Crippen LogP contribution >= 0.6 is 23.2 Å². The predicted molar refractivity (Wildman–Crippen MR) is 123 cm³/mol. The van der Waals surface area contributed by atoms with Gasteiger partial charge in [-0.1, -0.05) is 90.2 Å². The number of halogens is 2. The fourth-order valence-corrected chi connectivity index (χ4v) is 3.70. The zero-order valence-corrected chi connectivity index (χ0v) is 19.6. The summed E-state index contributed by atoms with van der Waals surface area (Å²) in [5.41, 5.74) is 3.78. The minimum atomic E-state index is 0.0891. The average molecular weight is 425 g/mol. The Balaban J connectivity index is 0.00000122. The lowest BCUT2D eigenvalue weighted by atomic mass is 9.85. The molecule has 0 saturated heterocycles. The normalized spacial score (nSPS) is 11.1. The first-order valence-corrected chi connectivity index (χ1v) is 10.9. The molecule has 0 spiro atoms. The van der Waals surface area contributed by atoms with Crippen molar-refractivity contribution in [3.8, 4) is 11.5 Å². The van der Waals surface area contributed by atoms with E-state index >= 15 is 0 Å². The van der Waals surface area contributed by atoms with Crippen LogP contribution in [-0.2, 0) is 0 Å². The van der Waals surface area contributed by atoms with Gasteiger partial charge in [-0.05, 0) is 52.6 Å². The van der Waals surface area contributed by atoms with Crippen LogP contribution in [0.3, 0.4) is 0 Å². The lowest BCUT2D eigenvalue weighted by Gasteiger charge is -2.22. The van der Waals surface area contributed by atoms with E-state index in [2.05, 4.69) is 20.8 Å². The van der Waals surface area contributed by atoms with Crippen molar-refractivity contribution in [2.45, 2.75) is 79.1 Å². The summed E-state index contributed by atoms with van der Waals surface area (Å²) < 4.78 is 0. The molecule has 0 aliphatic rings. The van der Waals surface area contributed by atoms with Crippen LogP contribution in [0.1, 0.15) is 101 Å². The number of rotatable bonds is 5. The summed E-state index contributed by atoms with van der Waals surface area (Å²) in [6.45, 7) is 14.5. The average Bonchev–Trinajstić information content (AvgIpc) is 2.61. The molecule has 2 aromatic carbocycles. The Hall–Kier alpha value is -1.38. The smallest absolute Gasteiger partial charge is 0.137 e. The van der Waals surface area contributed by atoms with Crippen LogP contribution in [0, 0.1) is 0 Å². The van der Waals surface area contributed by atoms with Gasteiger partial charge in [0.1, 0.15) is 11.5 Å². The summed E-state index contributed by atoms with van der Waals surface area (Å²) in [6, 6.07) is 7.70. The van der Waals surface area contributed by atoms with E-state index in [1.807, 2.05) is 52.0 Å². The Morgan fingerprint density at radius 2 is 1.04 bits per heavy atom. The molecule has 0 aromatic heterocycles. The molecule has 4 heteroatoms. The van der Waals surface area contributed by atoms with Gasteiger partial charge in [0.15, 0.2) is 0 Å². The molecule has 0 atom stereocenters. The van der Waals surface area contributed by atoms with Gasteiger partial charge in [0.05, 0.1) is 10.0 Å². The number of phenols is 2. The summed E-state index contributed by atoms with van der Waals surface area (Å²) in [5, 5.41) is 21.2. The van der Waals surface area contributed by atoms with Crippen LogP contribution in [0.5, 0.6) is 11.5 Å². The summed E-state index contributed by atoms with van der Waals surface area (Å²) in [7, 11) is 0. The second kappa shape index (κ2) is 11.0. The van der Waals surface area contributed by atoms with E-state index in [4.69, 9.17) is 23.2 Å². The van der Waals surface area contributed by atoms with E-state index < -0.39 is 0 Å². The van der Waals surface area contributed by atoms with E-state index in [9.17, 15) is 10.2 Å². The summed E-state index contributed by atoms with van der Waals surface area (Å²) in [6.07, 6.45) is 2.11. The third-order valence-electron chi connectivity index (χ3n) is 4.69. The van der Waals surface area contributed by atoms with Gasteiger partial charge in [-0.15, -0.1) is 0 Å². The number of hydrogen-bond acceptors (Lipinski definition) is 2. The molecule has 0 radical (unpaired) electrons. The van der Waals surface area contributed by atoms with Crippen molar-refractivity contribution >= 4 is 23.2 Å². The van der Waals surface area contributed by atoms with Gasteiger partial charge in [0.2, 0.25) is 0 Å². The fraction of sp³-hybridized carbons (Fsp3) is 0.500. The van der Waals surface area contributed by atoms with Crippen molar-refractivity contribution in [3.05, 3.63) is 56.6 Å². The molecule has 0 saturated carbocycles. The van der Waals surface area contributed by atoms with Crippen molar-refractivity contribution in [2.24, 2.45) is 0 Å². The van der Waals surface area contributed by atoms with Crippen LogP contribution in [0.4, 0.5) is 0 Å². The lowest BCUT2D eigenvalue weighted by molar-refractivity contribution is 0.464. The largest absolute Gasteiger partial charge is 0.506 e. The van der Waals surface area contributed by atoms with Crippen LogP contribution < -0.4 is 0 Å². The van der Waals surface area contributed by atoms with E-state index in [-0.39, 0.29) is 29.3 Å². The van der Waals surface area contributed by atoms with Gasteiger partial charge in [-0.3, -0.25) is 0 Å². The van der Waals surface area contributed by atoms with Crippen molar-refractivity contribution in [1.82, 2.24) is 0 Å². The van der Waals surface area contributed by atoms with Gasteiger partial charge < -0.3 is 10.2 Å². The van der Waals surface area contributed by atoms with E-state index in [1.54, 1.807) is 0 Å². The zero-order valence-electron chi connectivity index (χ0n) is 18.1. The molecule has 0 aliphatic heterocycles. The first-order chi connectivity index (χ1) is 13.1. The molecule has 0 amide bonds. The van der Waals surface area contributed by atoms with Crippen LogP contribution in [0.2, 0.25) is 10.0 Å². The molecule has 2 aromatic rings. The molecule has 156 valence electrons. The van der Waals surface area contributed by atoms with Gasteiger partial charge in [-0.25, -0.2) is 0 Å². The quantitative estimate of drug-likeness (QED) is 0.503. The molecule has 2 rings (SSSR count). The molecule has 0 unspecified atom stereocenters. The maximum Gasteiger partial charge on any atom is 0.137 e. The van der Waals surface area contributed by atoms with Crippen molar-refractivity contribution in [2.75, 3.05) is 0 Å². The Kier molecular flexibility index (Phi) is 9.66. The number of hydrogen-bond donors (Lipinski definition) is 2. The number of aromatic hydroxyl groups is 2. The lowest BCUT2D eigenvalue weighted by Crippen LogP contribution is -2.04. The van der Waals surface area contributed by atoms with Crippen molar-refractivity contribution < 1.29 is 10.2 Å². The van der Waals surface area contributed by atoms with E-state index in [0.717, 1.165) is 28.7 Å². The van der Waals surface area contributed by atoms with Gasteiger partial charge in [0, 0.05) is 5.92 Å². The van der Waals surface area contributed by atoms with Gasteiger partial charge in [0.25, 0.3) is 0 Å². The second-order valence-electron chi connectivity index (χ2n) is 7.86. The van der Waals surface area contributed by atoms with Gasteiger partial charge in [-0.2, -0.15) is 0 Å². The SMILES string of the molecule is CCC.CCC(c1cc(Cl)c(O)c(C(C)C)c1)c1cc(Cl)c(O)c(C(C)C)c1. The molecule has 0 aliphatic carbocycles. The number of phenolic OH excluding ortho intramolecular Hbond substituents is 2. The summed E-state index contributed by atoms with van der Waals surface area (Å²) in [4.78, 5) is 0. The van der Waals surface area contributed by atoms with Crippen LogP contribution in [0.25, 0.3) is 0 Å². The molecule has 0 heterocycles. The molecule has 28 heavy (non-hydrogen) atoms. The second-order valence-corrected chi connectivity index (χ2v) is 8.67. The van der Waals surface area contributed by atoms with Crippen LogP contribution in [0.15, 0.2) is 24.3 Å². The highest BCUT2D eigenvalue weighted by molar-refractivity contribution is 6.32. The van der Waals surface area contributed by atoms with Crippen molar-refractivity contribution in [1.29, 1.82) is 0 Å². The van der Waals surface area contributed by atoms with Crippen molar-refractivity contribution in [3.63, 3.8) is 0 Å². The third-order valence-corrected chi connectivity index (χ3v) is 5.26. The minimum Gasteiger partial charge on any atom is -0.506 e. The van der Waals surface area contributed by atoms with Crippen LogP contribution in [-0.4, -0.2) is 10.2 Å². The maximum atomic E-state index is 10.2. The first-order valence-electron chi connectivity index (χ1n) is 10.1. The minimum absolute atomic E-state index is 0.0891.